The molecule has 1 aliphatic rings. The Kier molecular flexibility index (Phi) is 5.71. The number of amides is 2. The van der Waals surface area contributed by atoms with Crippen molar-refractivity contribution in [3.8, 4) is 0 Å². The fourth-order valence-electron chi connectivity index (χ4n) is 3.54. The average Bonchev–Trinajstić information content (AvgIpc) is 2.66. The minimum absolute atomic E-state index is 0.0446. The summed E-state index contributed by atoms with van der Waals surface area (Å²) in [5.41, 5.74) is 1.90. The first-order valence-electron chi connectivity index (χ1n) is 9.32. The zero-order valence-electron chi connectivity index (χ0n) is 15.4. The fourth-order valence-corrected chi connectivity index (χ4v) is 3.54. The highest BCUT2D eigenvalue weighted by molar-refractivity contribution is 6.04. The van der Waals surface area contributed by atoms with Crippen LogP contribution in [-0.2, 0) is 0 Å². The summed E-state index contributed by atoms with van der Waals surface area (Å²) in [6, 6.07) is 16.4. The number of rotatable bonds is 4. The van der Waals surface area contributed by atoms with E-state index in [-0.39, 0.29) is 17.9 Å². The van der Waals surface area contributed by atoms with Gasteiger partial charge in [0.1, 0.15) is 0 Å². The van der Waals surface area contributed by atoms with Gasteiger partial charge in [0.25, 0.3) is 11.8 Å². The highest BCUT2D eigenvalue weighted by Gasteiger charge is 2.28. The molecule has 2 aromatic rings. The Balaban J connectivity index is 1.60. The van der Waals surface area contributed by atoms with Gasteiger partial charge < -0.3 is 10.6 Å². The maximum absolute atomic E-state index is 12.5. The molecule has 1 fully saturated rings. The standard InChI is InChI=1S/C22H26N2O2/c1-15-7-6-10-20(16(15)2)24-22(26)18-11-13-19(14-12-18)23-21(25)17-8-4-3-5-9-17/h3-5,8-9,11-16,20H,6-7,10H2,1-2H3,(H,23,25)(H,24,26). The largest absolute Gasteiger partial charge is 0.349 e. The van der Waals surface area contributed by atoms with Crippen LogP contribution in [0.2, 0.25) is 0 Å². The first-order chi connectivity index (χ1) is 12.5. The van der Waals surface area contributed by atoms with E-state index >= 15 is 0 Å². The Morgan fingerprint density at radius 2 is 1.50 bits per heavy atom. The average molecular weight is 350 g/mol. The van der Waals surface area contributed by atoms with E-state index in [9.17, 15) is 9.59 Å². The quantitative estimate of drug-likeness (QED) is 0.853. The number of nitrogens with one attached hydrogen (secondary N) is 2. The third-order valence-electron chi connectivity index (χ3n) is 5.46. The third kappa shape index (κ3) is 4.31. The van der Waals surface area contributed by atoms with Gasteiger partial charge in [0.2, 0.25) is 0 Å². The topological polar surface area (TPSA) is 58.2 Å². The van der Waals surface area contributed by atoms with Crippen molar-refractivity contribution in [1.29, 1.82) is 0 Å². The van der Waals surface area contributed by atoms with Crippen molar-refractivity contribution in [3.63, 3.8) is 0 Å². The van der Waals surface area contributed by atoms with E-state index in [2.05, 4.69) is 24.5 Å². The van der Waals surface area contributed by atoms with Crippen LogP contribution < -0.4 is 10.6 Å². The summed E-state index contributed by atoms with van der Waals surface area (Å²) in [5.74, 6) is 0.937. The maximum atomic E-state index is 12.5. The van der Waals surface area contributed by atoms with Gasteiger partial charge in [0.05, 0.1) is 0 Å². The van der Waals surface area contributed by atoms with Crippen LogP contribution in [0.3, 0.4) is 0 Å². The monoisotopic (exact) mass is 350 g/mol. The van der Waals surface area contributed by atoms with Crippen LogP contribution in [0.1, 0.15) is 53.8 Å². The lowest BCUT2D eigenvalue weighted by atomic mass is 9.78. The van der Waals surface area contributed by atoms with Gasteiger partial charge in [-0.3, -0.25) is 9.59 Å². The Bertz CT molecular complexity index is 755. The molecule has 0 heterocycles. The van der Waals surface area contributed by atoms with Gasteiger partial charge in [0.15, 0.2) is 0 Å². The molecule has 4 heteroatoms. The molecule has 3 rings (SSSR count). The van der Waals surface area contributed by atoms with Crippen molar-refractivity contribution >= 4 is 17.5 Å². The lowest BCUT2D eigenvalue weighted by molar-refractivity contribution is 0.0890. The van der Waals surface area contributed by atoms with Crippen LogP contribution in [-0.4, -0.2) is 17.9 Å². The molecular weight excluding hydrogens is 324 g/mol. The van der Waals surface area contributed by atoms with Crippen molar-refractivity contribution in [3.05, 3.63) is 65.7 Å². The molecule has 4 nitrogen and oxygen atoms in total. The van der Waals surface area contributed by atoms with Crippen LogP contribution in [0.15, 0.2) is 54.6 Å². The summed E-state index contributed by atoms with van der Waals surface area (Å²) in [7, 11) is 0. The molecule has 0 spiro atoms. The minimum Gasteiger partial charge on any atom is -0.349 e. The molecule has 0 radical (unpaired) electrons. The smallest absolute Gasteiger partial charge is 0.255 e. The van der Waals surface area contributed by atoms with Crippen LogP contribution in [0.25, 0.3) is 0 Å². The zero-order chi connectivity index (χ0) is 18.5. The van der Waals surface area contributed by atoms with Crippen molar-refractivity contribution in [2.24, 2.45) is 11.8 Å². The van der Waals surface area contributed by atoms with Gasteiger partial charge in [-0.25, -0.2) is 0 Å². The molecule has 1 aliphatic carbocycles. The van der Waals surface area contributed by atoms with Gasteiger partial charge in [-0.15, -0.1) is 0 Å². The first kappa shape index (κ1) is 18.2. The second-order valence-electron chi connectivity index (χ2n) is 7.24. The number of anilines is 1. The summed E-state index contributed by atoms with van der Waals surface area (Å²) in [5, 5.41) is 6.02. The van der Waals surface area contributed by atoms with E-state index in [1.54, 1.807) is 36.4 Å². The molecule has 0 saturated heterocycles. The van der Waals surface area contributed by atoms with Crippen molar-refractivity contribution in [2.75, 3.05) is 5.32 Å². The van der Waals surface area contributed by atoms with Crippen LogP contribution in [0.4, 0.5) is 5.69 Å². The number of hydrogen-bond donors (Lipinski definition) is 2. The summed E-state index contributed by atoms with van der Waals surface area (Å²) >= 11 is 0. The Morgan fingerprint density at radius 1 is 0.846 bits per heavy atom. The van der Waals surface area contributed by atoms with E-state index in [0.717, 1.165) is 6.42 Å². The predicted molar refractivity (Wildman–Crippen MR) is 104 cm³/mol. The van der Waals surface area contributed by atoms with Gasteiger partial charge in [-0.05, 0) is 54.7 Å². The Morgan fingerprint density at radius 3 is 2.19 bits per heavy atom. The number of carbonyl (C=O) groups excluding carboxylic acids is 2. The van der Waals surface area contributed by atoms with Crippen molar-refractivity contribution in [1.82, 2.24) is 5.32 Å². The number of hydrogen-bond acceptors (Lipinski definition) is 2. The van der Waals surface area contributed by atoms with Crippen molar-refractivity contribution in [2.45, 2.75) is 39.2 Å². The van der Waals surface area contributed by atoms with Gasteiger partial charge in [-0.2, -0.15) is 0 Å². The molecule has 2 amide bonds. The molecule has 0 aromatic heterocycles. The molecular formula is C22H26N2O2. The molecule has 0 bridgehead atoms. The molecule has 2 aromatic carbocycles. The molecule has 0 aliphatic heterocycles. The Hall–Kier alpha value is -2.62. The summed E-state index contributed by atoms with van der Waals surface area (Å²) in [4.78, 5) is 24.7. The fraction of sp³-hybridized carbons (Fsp3) is 0.364. The van der Waals surface area contributed by atoms with E-state index in [0.29, 0.717) is 28.7 Å². The molecule has 3 atom stereocenters. The highest BCUT2D eigenvalue weighted by atomic mass is 16.2. The SMILES string of the molecule is CC1CCCC(NC(=O)c2ccc(NC(=O)c3ccccc3)cc2)C1C. The molecule has 1 saturated carbocycles. The van der Waals surface area contributed by atoms with E-state index in [1.165, 1.54) is 12.8 Å². The normalized spacial score (nSPS) is 22.5. The third-order valence-corrected chi connectivity index (χ3v) is 5.46. The molecule has 136 valence electrons. The predicted octanol–water partition coefficient (Wildman–Crippen LogP) is 4.49. The van der Waals surface area contributed by atoms with Gasteiger partial charge in [0, 0.05) is 22.9 Å². The first-order valence-corrected chi connectivity index (χ1v) is 9.32. The van der Waals surface area contributed by atoms with E-state index in [4.69, 9.17) is 0 Å². The summed E-state index contributed by atoms with van der Waals surface area (Å²) < 4.78 is 0. The lowest BCUT2D eigenvalue weighted by Gasteiger charge is -2.34. The zero-order valence-corrected chi connectivity index (χ0v) is 15.4. The number of carbonyl (C=O) groups is 2. The van der Waals surface area contributed by atoms with Crippen LogP contribution in [0, 0.1) is 11.8 Å². The second-order valence-corrected chi connectivity index (χ2v) is 7.24. The number of benzene rings is 2. The van der Waals surface area contributed by atoms with Crippen molar-refractivity contribution < 1.29 is 9.59 Å². The second kappa shape index (κ2) is 8.17. The van der Waals surface area contributed by atoms with Crippen LogP contribution >= 0.6 is 0 Å². The molecule has 3 unspecified atom stereocenters. The van der Waals surface area contributed by atoms with Gasteiger partial charge in [-0.1, -0.05) is 44.9 Å². The molecule has 2 N–H and O–H groups in total. The van der Waals surface area contributed by atoms with Gasteiger partial charge >= 0.3 is 0 Å². The Labute approximate surface area is 155 Å². The summed E-state index contributed by atoms with van der Waals surface area (Å²) in [6.07, 6.45) is 3.45. The molecule has 26 heavy (non-hydrogen) atoms. The maximum Gasteiger partial charge on any atom is 0.255 e. The highest BCUT2D eigenvalue weighted by Crippen LogP contribution is 2.29. The minimum atomic E-state index is -0.159. The van der Waals surface area contributed by atoms with Crippen LogP contribution in [0.5, 0.6) is 0 Å². The van der Waals surface area contributed by atoms with E-state index in [1.807, 2.05) is 18.2 Å². The lowest BCUT2D eigenvalue weighted by Crippen LogP contribution is -2.43. The van der Waals surface area contributed by atoms with E-state index < -0.39 is 0 Å². The summed E-state index contributed by atoms with van der Waals surface area (Å²) in [6.45, 7) is 4.48.